The van der Waals surface area contributed by atoms with Crippen LogP contribution >= 0.6 is 22.9 Å². The molecular formula is C15H15ClN2OS. The third kappa shape index (κ3) is 4.18. The summed E-state index contributed by atoms with van der Waals surface area (Å²) in [6, 6.07) is 7.50. The number of likely N-dealkylation sites (N-methyl/N-ethyl adjacent to an activating group) is 1. The fraction of sp³-hybridized carbons (Fsp3) is 0.200. The minimum Gasteiger partial charge on any atom is -0.338 e. The molecule has 0 aliphatic rings. The van der Waals surface area contributed by atoms with E-state index in [0.717, 1.165) is 16.3 Å². The lowest BCUT2D eigenvalue weighted by molar-refractivity contribution is -0.125. The minimum atomic E-state index is -0.0596. The zero-order chi connectivity index (χ0) is 14.5. The number of benzene rings is 1. The van der Waals surface area contributed by atoms with E-state index in [4.69, 9.17) is 11.6 Å². The van der Waals surface area contributed by atoms with E-state index in [1.54, 1.807) is 35.4 Å². The second-order valence-electron chi connectivity index (χ2n) is 4.45. The number of thiazole rings is 1. The summed E-state index contributed by atoms with van der Waals surface area (Å²) in [7, 11) is 1.76. The Kier molecular flexibility index (Phi) is 4.93. The van der Waals surface area contributed by atoms with Gasteiger partial charge >= 0.3 is 0 Å². The summed E-state index contributed by atoms with van der Waals surface area (Å²) in [4.78, 5) is 17.9. The number of amides is 1. The van der Waals surface area contributed by atoms with Gasteiger partial charge in [0.05, 0.1) is 10.7 Å². The van der Waals surface area contributed by atoms with Crippen molar-refractivity contribution in [2.75, 3.05) is 7.05 Å². The van der Waals surface area contributed by atoms with Gasteiger partial charge in [-0.25, -0.2) is 4.98 Å². The maximum atomic E-state index is 12.0. The Morgan fingerprint density at radius 2 is 2.30 bits per heavy atom. The van der Waals surface area contributed by atoms with Gasteiger partial charge in [-0.15, -0.1) is 11.3 Å². The number of carbonyl (C=O) groups excluding carboxylic acids is 1. The molecule has 3 nitrogen and oxygen atoms in total. The van der Waals surface area contributed by atoms with Crippen LogP contribution in [0.3, 0.4) is 0 Å². The molecule has 1 heterocycles. The average molecular weight is 307 g/mol. The van der Waals surface area contributed by atoms with Crippen LogP contribution in [0.25, 0.3) is 6.08 Å². The first-order chi connectivity index (χ1) is 9.54. The van der Waals surface area contributed by atoms with Crippen molar-refractivity contribution in [1.29, 1.82) is 0 Å². The summed E-state index contributed by atoms with van der Waals surface area (Å²) in [6.45, 7) is 2.47. The van der Waals surface area contributed by atoms with Gasteiger partial charge in [0.25, 0.3) is 0 Å². The Hall–Kier alpha value is -1.65. The van der Waals surface area contributed by atoms with Crippen molar-refractivity contribution in [3.8, 4) is 0 Å². The van der Waals surface area contributed by atoms with E-state index in [2.05, 4.69) is 4.98 Å². The molecule has 0 unspecified atom stereocenters. The predicted octanol–water partition coefficient (Wildman–Crippen LogP) is 3.78. The van der Waals surface area contributed by atoms with Crippen molar-refractivity contribution >= 4 is 34.9 Å². The maximum Gasteiger partial charge on any atom is 0.246 e. The first-order valence-corrected chi connectivity index (χ1v) is 7.40. The van der Waals surface area contributed by atoms with Crippen molar-refractivity contribution in [3.05, 3.63) is 57.0 Å². The molecule has 1 amide bonds. The topological polar surface area (TPSA) is 33.2 Å². The zero-order valence-corrected chi connectivity index (χ0v) is 12.9. The fourth-order valence-electron chi connectivity index (χ4n) is 1.73. The Balaban J connectivity index is 1.97. The molecule has 0 saturated heterocycles. The normalized spacial score (nSPS) is 10.9. The van der Waals surface area contributed by atoms with Crippen molar-refractivity contribution < 1.29 is 4.79 Å². The van der Waals surface area contributed by atoms with Crippen LogP contribution in [0.15, 0.2) is 35.7 Å². The van der Waals surface area contributed by atoms with Gasteiger partial charge in [-0.2, -0.15) is 0 Å². The van der Waals surface area contributed by atoms with Gasteiger partial charge < -0.3 is 4.90 Å². The molecule has 1 aromatic carbocycles. The highest BCUT2D eigenvalue weighted by Gasteiger charge is 2.06. The van der Waals surface area contributed by atoms with Crippen molar-refractivity contribution in [1.82, 2.24) is 9.88 Å². The number of hydrogen-bond acceptors (Lipinski definition) is 3. The minimum absolute atomic E-state index is 0.0596. The van der Waals surface area contributed by atoms with Gasteiger partial charge in [0.15, 0.2) is 0 Å². The molecule has 0 aliphatic heterocycles. The van der Waals surface area contributed by atoms with E-state index in [-0.39, 0.29) is 5.91 Å². The summed E-state index contributed by atoms with van der Waals surface area (Å²) in [5.74, 6) is -0.0596. The lowest BCUT2D eigenvalue weighted by atomic mass is 10.2. The Labute approximate surface area is 127 Å². The van der Waals surface area contributed by atoms with E-state index in [0.29, 0.717) is 11.6 Å². The quantitative estimate of drug-likeness (QED) is 0.805. The third-order valence-electron chi connectivity index (χ3n) is 2.72. The third-order valence-corrected chi connectivity index (χ3v) is 3.75. The Bertz CT molecular complexity index is 636. The molecule has 0 N–H and O–H groups in total. The number of nitrogens with zero attached hydrogens (tertiary/aromatic N) is 2. The van der Waals surface area contributed by atoms with Crippen LogP contribution in [0.2, 0.25) is 5.02 Å². The van der Waals surface area contributed by atoms with Gasteiger partial charge in [0, 0.05) is 30.1 Å². The molecule has 0 saturated carbocycles. The lowest BCUT2D eigenvalue weighted by Gasteiger charge is -2.15. The van der Waals surface area contributed by atoms with Crippen molar-refractivity contribution in [2.45, 2.75) is 13.5 Å². The molecule has 20 heavy (non-hydrogen) atoms. The van der Waals surface area contributed by atoms with Gasteiger partial charge in [-0.05, 0) is 30.7 Å². The Morgan fingerprint density at radius 3 is 2.95 bits per heavy atom. The molecule has 2 rings (SSSR count). The number of aromatic nitrogens is 1. The molecule has 2 aromatic rings. The number of halogens is 1. The summed E-state index contributed by atoms with van der Waals surface area (Å²) in [5, 5.41) is 3.59. The highest BCUT2D eigenvalue weighted by Crippen LogP contribution is 2.13. The maximum absolute atomic E-state index is 12.0. The zero-order valence-electron chi connectivity index (χ0n) is 11.3. The monoisotopic (exact) mass is 306 g/mol. The molecule has 104 valence electrons. The van der Waals surface area contributed by atoms with Crippen LogP contribution in [0.1, 0.15) is 16.3 Å². The summed E-state index contributed by atoms with van der Waals surface area (Å²) < 4.78 is 0. The van der Waals surface area contributed by atoms with Crippen LogP contribution in [0, 0.1) is 6.92 Å². The molecule has 5 heteroatoms. The molecule has 0 atom stereocenters. The van der Waals surface area contributed by atoms with E-state index < -0.39 is 0 Å². The Morgan fingerprint density at radius 1 is 1.50 bits per heavy atom. The highest BCUT2D eigenvalue weighted by atomic mass is 35.5. The van der Waals surface area contributed by atoms with E-state index >= 15 is 0 Å². The van der Waals surface area contributed by atoms with Gasteiger partial charge in [-0.3, -0.25) is 4.79 Å². The number of carbonyl (C=O) groups is 1. The summed E-state index contributed by atoms with van der Waals surface area (Å²) in [6.07, 6.45) is 3.28. The number of rotatable bonds is 4. The standard InChI is InChI=1S/C15H15ClN2OS/c1-11-17-14(10-20-11)6-7-15(19)18(2)9-12-4-3-5-13(16)8-12/h3-8,10H,9H2,1-2H3/b7-6+. The molecule has 1 aromatic heterocycles. The van der Waals surface area contributed by atoms with Crippen molar-refractivity contribution in [2.24, 2.45) is 0 Å². The second-order valence-corrected chi connectivity index (χ2v) is 5.95. The molecule has 0 fully saturated rings. The molecule has 0 bridgehead atoms. The van der Waals surface area contributed by atoms with E-state index in [9.17, 15) is 4.79 Å². The summed E-state index contributed by atoms with van der Waals surface area (Å²) in [5.41, 5.74) is 1.82. The predicted molar refractivity (Wildman–Crippen MR) is 83.8 cm³/mol. The van der Waals surface area contributed by atoms with Crippen LogP contribution in [0.4, 0.5) is 0 Å². The summed E-state index contributed by atoms with van der Waals surface area (Å²) >= 11 is 7.49. The highest BCUT2D eigenvalue weighted by molar-refractivity contribution is 7.09. The molecule has 0 spiro atoms. The van der Waals surface area contributed by atoms with Crippen LogP contribution in [-0.2, 0) is 11.3 Å². The fourth-order valence-corrected chi connectivity index (χ4v) is 2.52. The van der Waals surface area contributed by atoms with E-state index in [1.165, 1.54) is 0 Å². The molecule has 0 radical (unpaired) electrons. The van der Waals surface area contributed by atoms with Crippen LogP contribution < -0.4 is 0 Å². The van der Waals surface area contributed by atoms with Gasteiger partial charge in [0.1, 0.15) is 0 Å². The first-order valence-electron chi connectivity index (χ1n) is 6.14. The largest absolute Gasteiger partial charge is 0.338 e. The molecular weight excluding hydrogens is 292 g/mol. The lowest BCUT2D eigenvalue weighted by Crippen LogP contribution is -2.24. The number of aryl methyl sites for hydroxylation is 1. The SMILES string of the molecule is Cc1nc(/C=C/C(=O)N(C)Cc2cccc(Cl)c2)cs1. The smallest absolute Gasteiger partial charge is 0.246 e. The van der Waals surface area contributed by atoms with E-state index in [1.807, 2.05) is 36.6 Å². The van der Waals surface area contributed by atoms with Crippen LogP contribution in [-0.4, -0.2) is 22.8 Å². The second kappa shape index (κ2) is 6.68. The van der Waals surface area contributed by atoms with Gasteiger partial charge in [0.2, 0.25) is 5.91 Å². The first kappa shape index (κ1) is 14.8. The average Bonchev–Trinajstić information content (AvgIpc) is 2.81. The van der Waals surface area contributed by atoms with Crippen molar-refractivity contribution in [3.63, 3.8) is 0 Å². The number of hydrogen-bond donors (Lipinski definition) is 0. The van der Waals surface area contributed by atoms with Crippen LogP contribution in [0.5, 0.6) is 0 Å². The molecule has 0 aliphatic carbocycles. The van der Waals surface area contributed by atoms with Gasteiger partial charge in [-0.1, -0.05) is 23.7 Å².